The van der Waals surface area contributed by atoms with E-state index in [1.807, 2.05) is 23.6 Å². The largest absolute Gasteiger partial charge is 0.308 e. The summed E-state index contributed by atoms with van der Waals surface area (Å²) in [5.74, 6) is -0.331. The summed E-state index contributed by atoms with van der Waals surface area (Å²) >= 11 is 1.67. The molecule has 0 amide bonds. The molecule has 2 nitrogen and oxygen atoms in total. The Morgan fingerprint density at radius 3 is 2.82 bits per heavy atom. The van der Waals surface area contributed by atoms with Gasteiger partial charge in [-0.1, -0.05) is 12.1 Å². The van der Waals surface area contributed by atoms with Crippen molar-refractivity contribution in [3.05, 3.63) is 57.5 Å². The Kier molecular flexibility index (Phi) is 3.86. The summed E-state index contributed by atoms with van der Waals surface area (Å²) in [4.78, 5) is 1.22. The molecule has 1 N–H and O–H groups in total. The van der Waals surface area contributed by atoms with Crippen LogP contribution in [0.2, 0.25) is 0 Å². The molecule has 1 aromatic heterocycles. The predicted molar refractivity (Wildman–Crippen MR) is 66.0 cm³/mol. The maximum atomic E-state index is 13.5. The van der Waals surface area contributed by atoms with E-state index >= 15 is 0 Å². The maximum Gasteiger partial charge on any atom is 0.129 e. The average Bonchev–Trinajstić information content (AvgIpc) is 2.84. The van der Waals surface area contributed by atoms with Gasteiger partial charge < -0.3 is 5.32 Å². The minimum atomic E-state index is -0.331. The van der Waals surface area contributed by atoms with Crippen LogP contribution in [0.4, 0.5) is 4.39 Å². The van der Waals surface area contributed by atoms with Crippen LogP contribution >= 0.6 is 11.3 Å². The van der Waals surface area contributed by atoms with Crippen molar-refractivity contribution in [1.82, 2.24) is 5.32 Å². The number of thiophene rings is 1. The Balaban J connectivity index is 1.93. The van der Waals surface area contributed by atoms with Gasteiger partial charge in [-0.3, -0.25) is 0 Å². The van der Waals surface area contributed by atoms with Crippen molar-refractivity contribution in [2.75, 3.05) is 0 Å². The Hall–Kier alpha value is -1.70. The fourth-order valence-electron chi connectivity index (χ4n) is 1.49. The second kappa shape index (κ2) is 5.58. The minimum Gasteiger partial charge on any atom is -0.308 e. The van der Waals surface area contributed by atoms with Gasteiger partial charge in [0.15, 0.2) is 0 Å². The van der Waals surface area contributed by atoms with Crippen LogP contribution in [0.5, 0.6) is 0 Å². The number of halogens is 1. The summed E-state index contributed by atoms with van der Waals surface area (Å²) in [6, 6.07) is 10.5. The first-order valence-electron chi connectivity index (χ1n) is 5.21. The van der Waals surface area contributed by atoms with E-state index in [4.69, 9.17) is 5.26 Å². The molecule has 0 aliphatic heterocycles. The summed E-state index contributed by atoms with van der Waals surface area (Å²) < 4.78 is 13.5. The summed E-state index contributed by atoms with van der Waals surface area (Å²) in [5.41, 5.74) is 0.935. The van der Waals surface area contributed by atoms with Gasteiger partial charge in [-0.15, -0.1) is 11.3 Å². The molecular weight excluding hydrogens is 235 g/mol. The van der Waals surface area contributed by atoms with Crippen molar-refractivity contribution in [2.45, 2.75) is 13.1 Å². The molecule has 0 saturated carbocycles. The van der Waals surface area contributed by atoms with Gasteiger partial charge in [-0.25, -0.2) is 4.39 Å². The number of nitrogens with zero attached hydrogens (tertiary/aromatic N) is 1. The lowest BCUT2D eigenvalue weighted by Crippen LogP contribution is -2.12. The first-order valence-corrected chi connectivity index (χ1v) is 6.09. The third kappa shape index (κ3) is 3.13. The van der Waals surface area contributed by atoms with Crippen molar-refractivity contribution >= 4 is 11.3 Å². The molecule has 0 spiro atoms. The number of hydrogen-bond donors (Lipinski definition) is 1. The highest BCUT2D eigenvalue weighted by Gasteiger charge is 2.03. The first kappa shape index (κ1) is 11.8. The van der Waals surface area contributed by atoms with Crippen molar-refractivity contribution < 1.29 is 4.39 Å². The molecule has 0 atom stereocenters. The van der Waals surface area contributed by atoms with Gasteiger partial charge in [-0.05, 0) is 23.6 Å². The molecule has 0 radical (unpaired) electrons. The molecule has 17 heavy (non-hydrogen) atoms. The van der Waals surface area contributed by atoms with Gasteiger partial charge in [0.2, 0.25) is 0 Å². The Morgan fingerprint density at radius 2 is 2.18 bits per heavy atom. The molecule has 1 heterocycles. The molecule has 0 aliphatic carbocycles. The van der Waals surface area contributed by atoms with Crippen LogP contribution in [0.25, 0.3) is 0 Å². The zero-order chi connectivity index (χ0) is 12.1. The lowest BCUT2D eigenvalue weighted by Gasteiger charge is -2.05. The van der Waals surface area contributed by atoms with E-state index in [0.717, 1.165) is 6.54 Å². The third-order valence-corrected chi connectivity index (χ3v) is 3.25. The van der Waals surface area contributed by atoms with Gasteiger partial charge >= 0.3 is 0 Å². The number of benzene rings is 1. The summed E-state index contributed by atoms with van der Waals surface area (Å²) in [5, 5.41) is 13.8. The fourth-order valence-corrected chi connectivity index (χ4v) is 2.17. The SMILES string of the molecule is N#Cc1ccc(CNCc2cccs2)c(F)c1. The molecule has 0 saturated heterocycles. The summed E-state index contributed by atoms with van der Waals surface area (Å²) in [6.45, 7) is 1.20. The van der Waals surface area contributed by atoms with Crippen molar-refractivity contribution in [1.29, 1.82) is 5.26 Å². The monoisotopic (exact) mass is 246 g/mol. The van der Waals surface area contributed by atoms with Crippen LogP contribution in [-0.2, 0) is 13.1 Å². The van der Waals surface area contributed by atoms with E-state index in [9.17, 15) is 4.39 Å². The predicted octanol–water partition coefficient (Wildman–Crippen LogP) is 3.05. The van der Waals surface area contributed by atoms with E-state index in [2.05, 4.69) is 5.32 Å². The standard InChI is InChI=1S/C13H11FN2S/c14-13-6-10(7-15)3-4-11(13)8-16-9-12-2-1-5-17-12/h1-6,16H,8-9H2. The zero-order valence-electron chi connectivity index (χ0n) is 9.11. The van der Waals surface area contributed by atoms with Crippen LogP contribution < -0.4 is 5.32 Å². The summed E-state index contributed by atoms with van der Waals surface area (Å²) in [6.07, 6.45) is 0. The normalized spacial score (nSPS) is 10.1. The molecule has 86 valence electrons. The molecule has 0 bridgehead atoms. The van der Waals surface area contributed by atoms with E-state index in [1.165, 1.54) is 10.9 Å². The molecular formula is C13H11FN2S. The van der Waals surface area contributed by atoms with Crippen LogP contribution in [-0.4, -0.2) is 0 Å². The first-order chi connectivity index (χ1) is 8.29. The van der Waals surface area contributed by atoms with Gasteiger partial charge in [0, 0.05) is 23.5 Å². The van der Waals surface area contributed by atoms with Crippen LogP contribution in [0, 0.1) is 17.1 Å². The highest BCUT2D eigenvalue weighted by atomic mass is 32.1. The third-order valence-electron chi connectivity index (χ3n) is 2.38. The lowest BCUT2D eigenvalue weighted by molar-refractivity contribution is 0.588. The molecule has 0 fully saturated rings. The van der Waals surface area contributed by atoms with E-state index in [-0.39, 0.29) is 5.82 Å². The van der Waals surface area contributed by atoms with Gasteiger partial charge in [0.25, 0.3) is 0 Å². The van der Waals surface area contributed by atoms with Gasteiger partial charge in [0.1, 0.15) is 5.82 Å². The van der Waals surface area contributed by atoms with Crippen LogP contribution in [0.3, 0.4) is 0 Å². The van der Waals surface area contributed by atoms with E-state index < -0.39 is 0 Å². The van der Waals surface area contributed by atoms with Crippen LogP contribution in [0.1, 0.15) is 16.0 Å². The van der Waals surface area contributed by atoms with Crippen LogP contribution in [0.15, 0.2) is 35.7 Å². The minimum absolute atomic E-state index is 0.331. The topological polar surface area (TPSA) is 35.8 Å². The second-order valence-corrected chi connectivity index (χ2v) is 4.63. The molecule has 2 rings (SSSR count). The van der Waals surface area contributed by atoms with E-state index in [1.54, 1.807) is 23.5 Å². The zero-order valence-corrected chi connectivity index (χ0v) is 9.93. The smallest absolute Gasteiger partial charge is 0.129 e. The van der Waals surface area contributed by atoms with Gasteiger partial charge in [-0.2, -0.15) is 5.26 Å². The molecule has 0 aliphatic rings. The number of rotatable bonds is 4. The molecule has 1 aromatic carbocycles. The highest BCUT2D eigenvalue weighted by Crippen LogP contribution is 2.11. The fraction of sp³-hybridized carbons (Fsp3) is 0.154. The maximum absolute atomic E-state index is 13.5. The van der Waals surface area contributed by atoms with Crippen molar-refractivity contribution in [2.24, 2.45) is 0 Å². The summed E-state index contributed by atoms with van der Waals surface area (Å²) in [7, 11) is 0. The Labute approximate surface area is 103 Å². The van der Waals surface area contributed by atoms with E-state index in [0.29, 0.717) is 17.7 Å². The Morgan fingerprint density at radius 1 is 1.29 bits per heavy atom. The Bertz CT molecular complexity index is 529. The lowest BCUT2D eigenvalue weighted by atomic mass is 10.1. The average molecular weight is 246 g/mol. The number of nitriles is 1. The van der Waals surface area contributed by atoms with Crippen molar-refractivity contribution in [3.8, 4) is 6.07 Å². The number of hydrogen-bond acceptors (Lipinski definition) is 3. The second-order valence-electron chi connectivity index (χ2n) is 3.60. The molecule has 4 heteroatoms. The highest BCUT2D eigenvalue weighted by molar-refractivity contribution is 7.09. The molecule has 2 aromatic rings. The van der Waals surface area contributed by atoms with Gasteiger partial charge in [0.05, 0.1) is 11.6 Å². The molecule has 0 unspecified atom stereocenters. The number of nitrogens with one attached hydrogen (secondary N) is 1. The quantitative estimate of drug-likeness (QED) is 0.900. The van der Waals surface area contributed by atoms with Crippen molar-refractivity contribution in [3.63, 3.8) is 0 Å².